The summed E-state index contributed by atoms with van der Waals surface area (Å²) in [7, 11) is 0. The molecule has 3 N–H and O–H groups in total. The van der Waals surface area contributed by atoms with Gasteiger partial charge in [-0.05, 0) is 33.7 Å². The van der Waals surface area contributed by atoms with Crippen LogP contribution in [0.15, 0.2) is 0 Å². The molecule has 0 aromatic carbocycles. The first kappa shape index (κ1) is 12.4. The smallest absolute Gasteiger partial charge is 0.303 e. The highest BCUT2D eigenvalue weighted by atomic mass is 16.4. The van der Waals surface area contributed by atoms with Crippen molar-refractivity contribution in [1.82, 2.24) is 5.32 Å². The highest BCUT2D eigenvalue weighted by Gasteiger charge is 2.20. The summed E-state index contributed by atoms with van der Waals surface area (Å²) in [5.74, 6) is -0.780. The maximum Gasteiger partial charge on any atom is 0.303 e. The molecular weight excluding hydrogens is 170 g/mol. The van der Waals surface area contributed by atoms with Crippen LogP contribution < -0.4 is 5.32 Å². The summed E-state index contributed by atoms with van der Waals surface area (Å²) in [6.07, 6.45) is 0.765. The van der Waals surface area contributed by atoms with Crippen molar-refractivity contribution in [3.63, 3.8) is 0 Å². The first-order valence-corrected chi connectivity index (χ1v) is 4.51. The van der Waals surface area contributed by atoms with Crippen LogP contribution in [-0.2, 0) is 4.79 Å². The number of carboxylic acids is 1. The van der Waals surface area contributed by atoms with E-state index in [2.05, 4.69) is 5.32 Å². The third-order valence-corrected chi connectivity index (χ3v) is 2.08. The molecule has 4 nitrogen and oxygen atoms in total. The molecule has 0 aliphatic carbocycles. The van der Waals surface area contributed by atoms with Crippen LogP contribution in [0.4, 0.5) is 0 Å². The van der Waals surface area contributed by atoms with Crippen LogP contribution in [0.25, 0.3) is 0 Å². The van der Waals surface area contributed by atoms with Gasteiger partial charge in [-0.2, -0.15) is 0 Å². The van der Waals surface area contributed by atoms with Gasteiger partial charge in [0.2, 0.25) is 0 Å². The Labute approximate surface area is 79.0 Å². The standard InChI is InChI=1S/C9H19NO3/c1-7(9(2,3)13)10-6-4-5-8(11)12/h7,10,13H,4-6H2,1-3H3,(H,11,12). The lowest BCUT2D eigenvalue weighted by Gasteiger charge is -2.26. The minimum Gasteiger partial charge on any atom is -0.481 e. The molecule has 0 spiro atoms. The molecule has 78 valence electrons. The summed E-state index contributed by atoms with van der Waals surface area (Å²) in [5, 5.41) is 20.9. The van der Waals surface area contributed by atoms with Gasteiger partial charge in [0.1, 0.15) is 0 Å². The van der Waals surface area contributed by atoms with E-state index in [1.54, 1.807) is 13.8 Å². The monoisotopic (exact) mass is 189 g/mol. The van der Waals surface area contributed by atoms with Gasteiger partial charge in [0.15, 0.2) is 0 Å². The minimum atomic E-state index is -0.780. The third kappa shape index (κ3) is 6.54. The lowest BCUT2D eigenvalue weighted by atomic mass is 10.0. The fourth-order valence-electron chi connectivity index (χ4n) is 0.808. The molecule has 0 aromatic rings. The average molecular weight is 189 g/mol. The molecule has 13 heavy (non-hydrogen) atoms. The van der Waals surface area contributed by atoms with Gasteiger partial charge in [-0.15, -0.1) is 0 Å². The summed E-state index contributed by atoms with van der Waals surface area (Å²) in [6.45, 7) is 5.95. The fourth-order valence-corrected chi connectivity index (χ4v) is 0.808. The van der Waals surface area contributed by atoms with Crippen molar-refractivity contribution in [3.8, 4) is 0 Å². The lowest BCUT2D eigenvalue weighted by Crippen LogP contribution is -2.44. The fraction of sp³-hybridized carbons (Fsp3) is 0.889. The zero-order valence-corrected chi connectivity index (χ0v) is 8.50. The van der Waals surface area contributed by atoms with Crippen molar-refractivity contribution >= 4 is 5.97 Å². The molecule has 1 atom stereocenters. The predicted octanol–water partition coefficient (Wildman–Crippen LogP) is 0.600. The Bertz CT molecular complexity index is 163. The van der Waals surface area contributed by atoms with Crippen LogP contribution in [0.3, 0.4) is 0 Å². The van der Waals surface area contributed by atoms with E-state index in [1.807, 2.05) is 6.92 Å². The van der Waals surface area contributed by atoms with Crippen LogP contribution in [0.2, 0.25) is 0 Å². The van der Waals surface area contributed by atoms with Gasteiger partial charge >= 0.3 is 5.97 Å². The molecular formula is C9H19NO3. The first-order valence-electron chi connectivity index (χ1n) is 4.51. The van der Waals surface area contributed by atoms with E-state index < -0.39 is 11.6 Å². The highest BCUT2D eigenvalue weighted by Crippen LogP contribution is 2.07. The van der Waals surface area contributed by atoms with Gasteiger partial charge < -0.3 is 15.5 Å². The zero-order chi connectivity index (χ0) is 10.5. The number of aliphatic carboxylic acids is 1. The Hall–Kier alpha value is -0.610. The summed E-state index contributed by atoms with van der Waals surface area (Å²) < 4.78 is 0. The van der Waals surface area contributed by atoms with Crippen molar-refractivity contribution in [3.05, 3.63) is 0 Å². The lowest BCUT2D eigenvalue weighted by molar-refractivity contribution is -0.137. The highest BCUT2D eigenvalue weighted by molar-refractivity contribution is 5.66. The summed E-state index contributed by atoms with van der Waals surface area (Å²) in [5.41, 5.74) is -0.761. The number of carbonyl (C=O) groups is 1. The molecule has 0 aromatic heterocycles. The van der Waals surface area contributed by atoms with Crippen molar-refractivity contribution in [2.24, 2.45) is 0 Å². The Morgan fingerprint density at radius 3 is 2.46 bits per heavy atom. The third-order valence-electron chi connectivity index (χ3n) is 2.08. The van der Waals surface area contributed by atoms with Crippen molar-refractivity contribution in [1.29, 1.82) is 0 Å². The second-order valence-corrected chi connectivity index (χ2v) is 3.83. The zero-order valence-electron chi connectivity index (χ0n) is 8.50. The number of nitrogens with one attached hydrogen (secondary N) is 1. The molecule has 0 aliphatic heterocycles. The topological polar surface area (TPSA) is 69.6 Å². The predicted molar refractivity (Wildman–Crippen MR) is 50.6 cm³/mol. The summed E-state index contributed by atoms with van der Waals surface area (Å²) in [4.78, 5) is 10.2. The summed E-state index contributed by atoms with van der Waals surface area (Å²) >= 11 is 0. The van der Waals surface area contributed by atoms with Gasteiger partial charge in [0.25, 0.3) is 0 Å². The van der Waals surface area contributed by atoms with Gasteiger partial charge in [-0.25, -0.2) is 0 Å². The number of aliphatic hydroxyl groups is 1. The van der Waals surface area contributed by atoms with E-state index >= 15 is 0 Å². The van der Waals surface area contributed by atoms with E-state index in [0.29, 0.717) is 13.0 Å². The van der Waals surface area contributed by atoms with E-state index in [4.69, 9.17) is 5.11 Å². The summed E-state index contributed by atoms with van der Waals surface area (Å²) in [6, 6.07) is -0.0266. The molecule has 1 unspecified atom stereocenters. The number of rotatable bonds is 6. The van der Waals surface area contributed by atoms with E-state index in [1.165, 1.54) is 0 Å². The van der Waals surface area contributed by atoms with E-state index in [9.17, 15) is 9.90 Å². The molecule has 0 aliphatic rings. The van der Waals surface area contributed by atoms with Gasteiger partial charge in [0.05, 0.1) is 5.60 Å². The molecule has 0 saturated heterocycles. The number of hydrogen-bond acceptors (Lipinski definition) is 3. The Morgan fingerprint density at radius 1 is 1.54 bits per heavy atom. The molecule has 0 bridgehead atoms. The number of hydrogen-bond donors (Lipinski definition) is 3. The maximum absolute atomic E-state index is 10.2. The van der Waals surface area contributed by atoms with Gasteiger partial charge in [-0.3, -0.25) is 4.79 Å². The van der Waals surface area contributed by atoms with Crippen LogP contribution >= 0.6 is 0 Å². The average Bonchev–Trinajstić information content (AvgIpc) is 1.95. The molecule has 0 heterocycles. The van der Waals surface area contributed by atoms with Crippen LogP contribution in [-0.4, -0.2) is 34.4 Å². The molecule has 0 fully saturated rings. The van der Waals surface area contributed by atoms with Crippen molar-refractivity contribution in [2.75, 3.05) is 6.54 Å². The molecule has 4 heteroatoms. The normalized spacial score (nSPS) is 14.2. The van der Waals surface area contributed by atoms with Crippen molar-refractivity contribution in [2.45, 2.75) is 45.3 Å². The van der Waals surface area contributed by atoms with Gasteiger partial charge in [0, 0.05) is 12.5 Å². The molecule has 0 amide bonds. The van der Waals surface area contributed by atoms with Crippen LogP contribution in [0.1, 0.15) is 33.6 Å². The van der Waals surface area contributed by atoms with Crippen LogP contribution in [0.5, 0.6) is 0 Å². The maximum atomic E-state index is 10.2. The van der Waals surface area contributed by atoms with Gasteiger partial charge in [-0.1, -0.05) is 0 Å². The second kappa shape index (κ2) is 5.19. The Balaban J connectivity index is 3.49. The quantitative estimate of drug-likeness (QED) is 0.535. The molecule has 0 saturated carbocycles. The van der Waals surface area contributed by atoms with E-state index in [0.717, 1.165) is 0 Å². The number of carboxylic acid groups (broad SMARTS) is 1. The first-order chi connectivity index (χ1) is 5.84. The SMILES string of the molecule is CC(NCCCC(=O)O)C(C)(C)O. The Morgan fingerprint density at radius 2 is 2.08 bits per heavy atom. The van der Waals surface area contributed by atoms with E-state index in [-0.39, 0.29) is 12.5 Å². The Kier molecular flexibility index (Phi) is 4.95. The minimum absolute atomic E-state index is 0.0266. The molecule has 0 rings (SSSR count). The molecule has 0 radical (unpaired) electrons. The second-order valence-electron chi connectivity index (χ2n) is 3.83. The van der Waals surface area contributed by atoms with Crippen LogP contribution in [0, 0.1) is 0 Å². The largest absolute Gasteiger partial charge is 0.481 e. The van der Waals surface area contributed by atoms with Crippen molar-refractivity contribution < 1.29 is 15.0 Å².